The quantitative estimate of drug-likeness (QED) is 0.421. The van der Waals surface area contributed by atoms with Crippen LogP contribution < -0.4 is 15.5 Å². The van der Waals surface area contributed by atoms with Crippen molar-refractivity contribution in [2.45, 2.75) is 26.3 Å². The van der Waals surface area contributed by atoms with Crippen molar-refractivity contribution in [2.24, 2.45) is 4.99 Å². The zero-order chi connectivity index (χ0) is 17.0. The molecule has 0 atom stereocenters. The summed E-state index contributed by atoms with van der Waals surface area (Å²) in [6.45, 7) is 5.43. The van der Waals surface area contributed by atoms with Gasteiger partial charge in [0.15, 0.2) is 5.96 Å². The molecule has 0 spiro atoms. The average Bonchev–Trinajstić information content (AvgIpc) is 3.13. The van der Waals surface area contributed by atoms with Crippen LogP contribution in [0.25, 0.3) is 0 Å². The summed E-state index contributed by atoms with van der Waals surface area (Å²) in [6, 6.07) is 14.3. The Morgan fingerprint density at radius 3 is 2.62 bits per heavy atom. The third-order valence-electron chi connectivity index (χ3n) is 3.73. The van der Waals surface area contributed by atoms with E-state index in [4.69, 9.17) is 4.42 Å². The standard InChI is InChI=1S/C19H28N4O/c1-3-20-19(22-16-18-12-9-15-24-18)21-13-7-8-14-23(2)17-10-5-4-6-11-17/h4-6,9-12,15H,3,7-8,13-14,16H2,1-2H3,(H2,20,21,22). The molecule has 130 valence electrons. The van der Waals surface area contributed by atoms with Gasteiger partial charge in [-0.05, 0) is 44.0 Å². The Labute approximate surface area is 144 Å². The highest BCUT2D eigenvalue weighted by Gasteiger charge is 2.01. The fourth-order valence-electron chi connectivity index (χ4n) is 2.39. The average molecular weight is 328 g/mol. The first-order valence-corrected chi connectivity index (χ1v) is 8.60. The summed E-state index contributed by atoms with van der Waals surface area (Å²) < 4.78 is 5.31. The number of benzene rings is 1. The highest BCUT2D eigenvalue weighted by molar-refractivity contribution is 5.79. The molecule has 0 aliphatic heterocycles. The Bertz CT molecular complexity index is 581. The van der Waals surface area contributed by atoms with Gasteiger partial charge in [-0.25, -0.2) is 4.99 Å². The lowest BCUT2D eigenvalue weighted by Gasteiger charge is -2.19. The molecule has 1 heterocycles. The fraction of sp³-hybridized carbons (Fsp3) is 0.421. The molecular weight excluding hydrogens is 300 g/mol. The minimum atomic E-state index is 0.555. The molecule has 5 nitrogen and oxygen atoms in total. The molecule has 0 amide bonds. The maximum Gasteiger partial charge on any atom is 0.191 e. The van der Waals surface area contributed by atoms with Gasteiger partial charge in [-0.3, -0.25) is 0 Å². The third kappa shape index (κ3) is 6.36. The molecule has 2 aromatic rings. The predicted molar refractivity (Wildman–Crippen MR) is 100 cm³/mol. The van der Waals surface area contributed by atoms with E-state index in [0.29, 0.717) is 6.54 Å². The topological polar surface area (TPSA) is 52.8 Å². The minimum Gasteiger partial charge on any atom is -0.467 e. The normalized spacial score (nSPS) is 11.3. The molecule has 5 heteroatoms. The maximum absolute atomic E-state index is 5.31. The van der Waals surface area contributed by atoms with Gasteiger partial charge in [0.25, 0.3) is 0 Å². The molecule has 2 N–H and O–H groups in total. The van der Waals surface area contributed by atoms with Gasteiger partial charge in [0.2, 0.25) is 0 Å². The van der Waals surface area contributed by atoms with Crippen molar-refractivity contribution in [1.29, 1.82) is 0 Å². The van der Waals surface area contributed by atoms with E-state index in [-0.39, 0.29) is 0 Å². The van der Waals surface area contributed by atoms with Crippen molar-refractivity contribution in [1.82, 2.24) is 10.6 Å². The van der Waals surface area contributed by atoms with Crippen LogP contribution in [0.3, 0.4) is 0 Å². The number of aliphatic imine (C=N–C) groups is 1. The fourth-order valence-corrected chi connectivity index (χ4v) is 2.39. The lowest BCUT2D eigenvalue weighted by molar-refractivity contribution is 0.512. The van der Waals surface area contributed by atoms with Gasteiger partial charge in [-0.1, -0.05) is 18.2 Å². The lowest BCUT2D eigenvalue weighted by Crippen LogP contribution is -2.37. The zero-order valence-electron chi connectivity index (χ0n) is 14.7. The third-order valence-corrected chi connectivity index (χ3v) is 3.73. The highest BCUT2D eigenvalue weighted by Crippen LogP contribution is 2.11. The van der Waals surface area contributed by atoms with Crippen molar-refractivity contribution in [3.8, 4) is 0 Å². The van der Waals surface area contributed by atoms with Crippen LogP contribution >= 0.6 is 0 Å². The van der Waals surface area contributed by atoms with Crippen LogP contribution in [0.5, 0.6) is 0 Å². The molecule has 0 saturated heterocycles. The minimum absolute atomic E-state index is 0.555. The van der Waals surface area contributed by atoms with E-state index in [9.17, 15) is 0 Å². The summed E-state index contributed by atoms with van der Waals surface area (Å²) >= 11 is 0. The van der Waals surface area contributed by atoms with E-state index in [0.717, 1.165) is 44.2 Å². The largest absolute Gasteiger partial charge is 0.467 e. The predicted octanol–water partition coefficient (Wildman–Crippen LogP) is 3.25. The number of hydrogen-bond acceptors (Lipinski definition) is 3. The molecular formula is C19H28N4O. The van der Waals surface area contributed by atoms with Gasteiger partial charge in [0.05, 0.1) is 6.26 Å². The van der Waals surface area contributed by atoms with Crippen molar-refractivity contribution in [3.05, 3.63) is 54.5 Å². The van der Waals surface area contributed by atoms with Gasteiger partial charge in [0, 0.05) is 32.4 Å². The van der Waals surface area contributed by atoms with Crippen molar-refractivity contribution >= 4 is 11.6 Å². The zero-order valence-corrected chi connectivity index (χ0v) is 14.7. The molecule has 0 fully saturated rings. The van der Waals surface area contributed by atoms with E-state index >= 15 is 0 Å². The molecule has 0 aliphatic carbocycles. The Hall–Kier alpha value is -2.43. The molecule has 0 bridgehead atoms. The van der Waals surface area contributed by atoms with E-state index in [1.54, 1.807) is 6.26 Å². The Morgan fingerprint density at radius 1 is 1.08 bits per heavy atom. The van der Waals surface area contributed by atoms with Crippen LogP contribution in [0.1, 0.15) is 25.5 Å². The first-order valence-electron chi connectivity index (χ1n) is 8.60. The number of unbranched alkanes of at least 4 members (excludes halogenated alkanes) is 1. The summed E-state index contributed by atoms with van der Waals surface area (Å²) in [5.74, 6) is 1.71. The summed E-state index contributed by atoms with van der Waals surface area (Å²) in [4.78, 5) is 6.81. The van der Waals surface area contributed by atoms with Crippen LogP contribution in [0, 0.1) is 0 Å². The molecule has 24 heavy (non-hydrogen) atoms. The summed E-state index contributed by atoms with van der Waals surface area (Å²) in [6.07, 6.45) is 3.91. The molecule has 1 aromatic heterocycles. The van der Waals surface area contributed by atoms with Crippen LogP contribution in [-0.4, -0.2) is 32.6 Å². The molecule has 0 radical (unpaired) electrons. The molecule has 0 aliphatic rings. The molecule has 2 rings (SSSR count). The Balaban J connectivity index is 1.66. The van der Waals surface area contributed by atoms with Crippen LogP contribution in [0.2, 0.25) is 0 Å². The summed E-state index contributed by atoms with van der Waals surface area (Å²) in [5.41, 5.74) is 1.26. The lowest BCUT2D eigenvalue weighted by atomic mass is 10.2. The van der Waals surface area contributed by atoms with Crippen LogP contribution in [0.15, 0.2) is 58.1 Å². The highest BCUT2D eigenvalue weighted by atomic mass is 16.3. The number of rotatable bonds is 9. The molecule has 1 aromatic carbocycles. The van der Waals surface area contributed by atoms with Crippen LogP contribution in [-0.2, 0) is 6.54 Å². The van der Waals surface area contributed by atoms with Crippen molar-refractivity contribution in [3.63, 3.8) is 0 Å². The molecule has 0 saturated carbocycles. The van der Waals surface area contributed by atoms with Gasteiger partial charge in [-0.15, -0.1) is 0 Å². The second-order valence-electron chi connectivity index (χ2n) is 5.67. The number of furan rings is 1. The first-order chi connectivity index (χ1) is 11.8. The number of nitrogens with zero attached hydrogens (tertiary/aromatic N) is 2. The van der Waals surface area contributed by atoms with Gasteiger partial charge >= 0.3 is 0 Å². The summed E-state index contributed by atoms with van der Waals surface area (Å²) in [5, 5.41) is 6.63. The van der Waals surface area contributed by atoms with Crippen molar-refractivity contribution < 1.29 is 4.42 Å². The van der Waals surface area contributed by atoms with E-state index in [2.05, 4.69) is 58.8 Å². The van der Waals surface area contributed by atoms with Gasteiger partial charge in [-0.2, -0.15) is 0 Å². The number of hydrogen-bond donors (Lipinski definition) is 2. The van der Waals surface area contributed by atoms with Crippen LogP contribution in [0.4, 0.5) is 5.69 Å². The van der Waals surface area contributed by atoms with E-state index in [1.807, 2.05) is 18.2 Å². The monoisotopic (exact) mass is 328 g/mol. The first kappa shape index (κ1) is 17.9. The van der Waals surface area contributed by atoms with Gasteiger partial charge in [0.1, 0.15) is 12.3 Å². The Kier molecular flexibility index (Phi) is 7.74. The Morgan fingerprint density at radius 2 is 1.92 bits per heavy atom. The van der Waals surface area contributed by atoms with Gasteiger partial charge < -0.3 is 20.0 Å². The summed E-state index contributed by atoms with van der Waals surface area (Å²) in [7, 11) is 2.14. The smallest absolute Gasteiger partial charge is 0.191 e. The molecule has 0 unspecified atom stereocenters. The number of para-hydroxylation sites is 1. The number of nitrogens with one attached hydrogen (secondary N) is 2. The van der Waals surface area contributed by atoms with E-state index in [1.165, 1.54) is 5.69 Å². The van der Waals surface area contributed by atoms with Crippen molar-refractivity contribution in [2.75, 3.05) is 31.6 Å². The maximum atomic E-state index is 5.31. The van der Waals surface area contributed by atoms with E-state index < -0.39 is 0 Å². The second kappa shape index (κ2) is 10.4. The second-order valence-corrected chi connectivity index (χ2v) is 5.67. The number of anilines is 1. The number of guanidine groups is 1. The SMILES string of the molecule is CCNC(=NCc1ccco1)NCCCCN(C)c1ccccc1.